The summed E-state index contributed by atoms with van der Waals surface area (Å²) >= 11 is 0. The minimum atomic E-state index is -0.454. The Hall–Kier alpha value is -6.60. The number of rotatable bonds is 5. The predicted octanol–water partition coefficient (Wildman–Crippen LogP) is 8.20. The van der Waals surface area contributed by atoms with E-state index in [1.807, 2.05) is 42.6 Å². The van der Waals surface area contributed by atoms with Gasteiger partial charge < -0.3 is 25.1 Å². The van der Waals surface area contributed by atoms with Gasteiger partial charge in [-0.15, -0.1) is 0 Å². The van der Waals surface area contributed by atoms with Crippen LogP contribution in [-0.4, -0.2) is 27.0 Å². The monoisotopic (exact) mass is 633 g/mol. The zero-order chi connectivity index (χ0) is 32.3. The van der Waals surface area contributed by atoms with Crippen molar-refractivity contribution in [1.82, 2.24) is 25.1 Å². The molecule has 2 aliphatic heterocycles. The molecule has 49 heavy (non-hydrogen) atoms. The molecule has 3 N–H and O–H groups in total. The predicted molar refractivity (Wildman–Crippen MR) is 200 cm³/mol. The first-order valence-electron chi connectivity index (χ1n) is 16.6. The van der Waals surface area contributed by atoms with Crippen LogP contribution in [0.3, 0.4) is 0 Å². The molecule has 0 aliphatic carbocycles. The Morgan fingerprint density at radius 2 is 1.04 bits per heavy atom. The van der Waals surface area contributed by atoms with E-state index in [-0.39, 0.29) is 6.29 Å². The fraction of sp³-hybridized carbons (Fsp3) is 0.0476. The summed E-state index contributed by atoms with van der Waals surface area (Å²) in [5.74, 6) is 1.58. The summed E-state index contributed by atoms with van der Waals surface area (Å²) < 4.78 is 4.74. The summed E-state index contributed by atoms with van der Waals surface area (Å²) in [5.41, 5.74) is 8.72. The van der Waals surface area contributed by atoms with E-state index in [0.717, 1.165) is 45.2 Å². The van der Waals surface area contributed by atoms with Crippen molar-refractivity contribution in [2.24, 2.45) is 9.98 Å². The second-order valence-electron chi connectivity index (χ2n) is 12.5. The number of amidine groups is 2. The lowest BCUT2D eigenvalue weighted by atomic mass is 10.1. The molecule has 0 amide bonds. The van der Waals surface area contributed by atoms with Crippen molar-refractivity contribution >= 4 is 55.3 Å². The van der Waals surface area contributed by atoms with Gasteiger partial charge in [0.2, 0.25) is 0 Å². The Kier molecular flexibility index (Phi) is 6.17. The molecule has 2 aromatic heterocycles. The van der Waals surface area contributed by atoms with E-state index in [9.17, 15) is 0 Å². The van der Waals surface area contributed by atoms with Gasteiger partial charge in [0.25, 0.3) is 0 Å². The molecule has 7 heteroatoms. The second kappa shape index (κ2) is 11.0. The van der Waals surface area contributed by atoms with Gasteiger partial charge >= 0.3 is 0 Å². The van der Waals surface area contributed by atoms with Crippen molar-refractivity contribution in [3.8, 4) is 5.69 Å². The lowest BCUT2D eigenvalue weighted by Gasteiger charge is -2.24. The van der Waals surface area contributed by atoms with Crippen LogP contribution in [0, 0.1) is 0 Å². The zero-order valence-electron chi connectivity index (χ0n) is 26.5. The van der Waals surface area contributed by atoms with E-state index in [2.05, 4.69) is 140 Å². The summed E-state index contributed by atoms with van der Waals surface area (Å²) in [6.07, 6.45) is 1.33. The molecule has 0 spiro atoms. The van der Waals surface area contributed by atoms with E-state index < -0.39 is 6.17 Å². The maximum Gasteiger partial charge on any atom is 0.185 e. The molecule has 0 fully saturated rings. The summed E-state index contributed by atoms with van der Waals surface area (Å²) in [4.78, 5) is 10.2. The number of aliphatic imine (C=N–C) groups is 2. The van der Waals surface area contributed by atoms with Crippen molar-refractivity contribution in [2.45, 2.75) is 12.5 Å². The van der Waals surface area contributed by atoms with Gasteiger partial charge in [0, 0.05) is 44.6 Å². The Balaban J connectivity index is 1.11. The first-order valence-corrected chi connectivity index (χ1v) is 16.6. The maximum atomic E-state index is 5.10. The first kappa shape index (κ1) is 27.5. The van der Waals surface area contributed by atoms with Gasteiger partial charge in [-0.25, -0.2) is 9.98 Å². The lowest BCUT2D eigenvalue weighted by molar-refractivity contribution is 0.446. The highest BCUT2D eigenvalue weighted by Gasteiger charge is 2.29. The van der Waals surface area contributed by atoms with Gasteiger partial charge in [0.15, 0.2) is 12.5 Å². The molecule has 10 rings (SSSR count). The van der Waals surface area contributed by atoms with E-state index in [4.69, 9.17) is 9.98 Å². The number of hydrogen-bond acceptors (Lipinski definition) is 5. The summed E-state index contributed by atoms with van der Waals surface area (Å²) in [7, 11) is 0. The van der Waals surface area contributed by atoms with Crippen LogP contribution in [0.2, 0.25) is 0 Å². The summed E-state index contributed by atoms with van der Waals surface area (Å²) in [6, 6.07) is 53.1. The van der Waals surface area contributed by atoms with Gasteiger partial charge in [-0.2, -0.15) is 0 Å². The Labute approximate surface area is 282 Å². The fourth-order valence-electron chi connectivity index (χ4n) is 7.37. The maximum absolute atomic E-state index is 5.10. The highest BCUT2D eigenvalue weighted by Crippen LogP contribution is 2.39. The molecule has 2 aliphatic rings. The van der Waals surface area contributed by atoms with Gasteiger partial charge in [0.1, 0.15) is 11.7 Å². The van der Waals surface area contributed by atoms with Crippen molar-refractivity contribution in [3.05, 3.63) is 175 Å². The van der Waals surface area contributed by atoms with E-state index in [1.165, 1.54) is 32.6 Å². The second-order valence-corrected chi connectivity index (χ2v) is 12.5. The molecule has 0 bridgehead atoms. The van der Waals surface area contributed by atoms with Crippen LogP contribution < -0.4 is 16.0 Å². The van der Waals surface area contributed by atoms with Crippen LogP contribution in [-0.2, 0) is 0 Å². The number of fused-ring (bicyclic) bond motifs is 6. The minimum absolute atomic E-state index is 0.245. The molecule has 7 nitrogen and oxygen atoms in total. The van der Waals surface area contributed by atoms with Crippen LogP contribution >= 0.6 is 0 Å². The van der Waals surface area contributed by atoms with Gasteiger partial charge in [-0.3, -0.25) is 0 Å². The molecule has 234 valence electrons. The largest absolute Gasteiger partial charge is 0.352 e. The van der Waals surface area contributed by atoms with Gasteiger partial charge in [-0.05, 0) is 36.4 Å². The van der Waals surface area contributed by atoms with Crippen LogP contribution in [0.15, 0.2) is 174 Å². The van der Waals surface area contributed by atoms with E-state index >= 15 is 0 Å². The Bertz CT molecular complexity index is 2580. The zero-order valence-corrected chi connectivity index (χ0v) is 26.5. The quantitative estimate of drug-likeness (QED) is 0.179. The van der Waals surface area contributed by atoms with Crippen molar-refractivity contribution in [3.63, 3.8) is 0 Å². The molecular weight excluding hydrogens is 603 g/mol. The average Bonchev–Trinajstić information content (AvgIpc) is 3.87. The highest BCUT2D eigenvalue weighted by atomic mass is 15.4. The SMILES string of the molecule is C1=C(C2N=C(c3ccccc3)NC(c3ccccc3)=N2)NC(n2c3ccccc3c3cc4c5ccccc5n(-c5ccccc5)c4cc32)N1. The Morgan fingerprint density at radius 1 is 0.490 bits per heavy atom. The summed E-state index contributed by atoms with van der Waals surface area (Å²) in [5, 5.41) is 15.8. The normalized spacial score (nSPS) is 16.3. The molecule has 0 saturated carbocycles. The van der Waals surface area contributed by atoms with E-state index in [0.29, 0.717) is 0 Å². The Morgan fingerprint density at radius 3 is 1.71 bits per heavy atom. The number of para-hydroxylation sites is 3. The van der Waals surface area contributed by atoms with Crippen LogP contribution in [0.25, 0.3) is 49.3 Å². The van der Waals surface area contributed by atoms with Crippen LogP contribution in [0.1, 0.15) is 17.4 Å². The van der Waals surface area contributed by atoms with Crippen molar-refractivity contribution in [1.29, 1.82) is 0 Å². The van der Waals surface area contributed by atoms with Crippen LogP contribution in [0.4, 0.5) is 0 Å². The molecule has 4 heterocycles. The van der Waals surface area contributed by atoms with Gasteiger partial charge in [0.05, 0.1) is 27.8 Å². The molecule has 0 saturated heterocycles. The third-order valence-electron chi connectivity index (χ3n) is 9.59. The van der Waals surface area contributed by atoms with Crippen molar-refractivity contribution in [2.75, 3.05) is 0 Å². The number of nitrogens with zero attached hydrogens (tertiary/aromatic N) is 4. The number of aromatic nitrogens is 2. The topological polar surface area (TPSA) is 70.7 Å². The molecule has 6 aromatic carbocycles. The number of hydrogen-bond donors (Lipinski definition) is 3. The number of nitrogens with one attached hydrogen (secondary N) is 3. The molecule has 1 unspecified atom stereocenters. The van der Waals surface area contributed by atoms with Gasteiger partial charge in [-0.1, -0.05) is 115 Å². The lowest BCUT2D eigenvalue weighted by Crippen LogP contribution is -2.39. The molecule has 0 radical (unpaired) electrons. The fourth-order valence-corrected chi connectivity index (χ4v) is 7.37. The third-order valence-corrected chi connectivity index (χ3v) is 9.59. The van der Waals surface area contributed by atoms with Crippen LogP contribution in [0.5, 0.6) is 0 Å². The molecule has 8 aromatic rings. The standard InChI is InChI=1S/C42H31N7/c1-4-14-27(15-5-1)39-45-40(28-16-6-2-7-17-28)47-41(46-39)34-26-43-42(44-34)49-36-23-13-11-21-31(36)33-24-32-30-20-10-12-22-35(30)48(37(32)25-38(33)49)29-18-8-3-9-19-29/h1-26,41-44H,(H,45,46,47). The minimum Gasteiger partial charge on any atom is -0.352 e. The van der Waals surface area contributed by atoms with Crippen molar-refractivity contribution < 1.29 is 0 Å². The summed E-state index contributed by atoms with van der Waals surface area (Å²) in [6.45, 7) is 0. The van der Waals surface area contributed by atoms with E-state index in [1.54, 1.807) is 0 Å². The molecule has 1 atom stereocenters. The first-order chi connectivity index (χ1) is 24.3. The third kappa shape index (κ3) is 4.43. The average molecular weight is 634 g/mol. The number of benzene rings is 6. The molecular formula is C42H31N7. The highest BCUT2D eigenvalue weighted by molar-refractivity contribution is 6.19. The smallest absolute Gasteiger partial charge is 0.185 e.